The molecule has 1 unspecified atom stereocenters. The van der Waals surface area contributed by atoms with Gasteiger partial charge in [0.1, 0.15) is 5.01 Å². The molecule has 5 rings (SSSR count). The third-order valence-electron chi connectivity index (χ3n) is 5.44. The summed E-state index contributed by atoms with van der Waals surface area (Å²) in [7, 11) is 0. The Hall–Kier alpha value is -3.46. The molecule has 1 aromatic heterocycles. The van der Waals surface area contributed by atoms with Crippen LogP contribution in [0.25, 0.3) is 0 Å². The number of carbonyl (C=O) groups is 2. The van der Waals surface area contributed by atoms with Crippen molar-refractivity contribution in [2.75, 3.05) is 18.7 Å². The van der Waals surface area contributed by atoms with Crippen LogP contribution in [0.1, 0.15) is 49.6 Å². The number of likely N-dealkylation sites (tertiary alicyclic amines) is 1. The van der Waals surface area contributed by atoms with Crippen LogP contribution in [0.4, 0.5) is 5.69 Å². The molecule has 2 amide bonds. The fraction of sp³-hybridized carbons (Fsp3) is 0.273. The molecule has 1 saturated heterocycles. The SMILES string of the molecule is Cc1ccccc1C(=O)N1CCCC1c1nnc(C(=O)Nc2ccc3c(c2)OCO3)s1. The molecule has 0 aliphatic carbocycles. The smallest absolute Gasteiger partial charge is 0.286 e. The van der Waals surface area contributed by atoms with Gasteiger partial charge in [-0.3, -0.25) is 9.59 Å². The predicted octanol–water partition coefficient (Wildman–Crippen LogP) is 3.80. The largest absolute Gasteiger partial charge is 0.454 e. The first kappa shape index (κ1) is 19.5. The van der Waals surface area contributed by atoms with E-state index < -0.39 is 0 Å². The highest BCUT2D eigenvalue weighted by Crippen LogP contribution is 2.36. The zero-order chi connectivity index (χ0) is 21.4. The Kier molecular flexibility index (Phi) is 5.03. The zero-order valence-corrected chi connectivity index (χ0v) is 17.6. The van der Waals surface area contributed by atoms with E-state index in [1.165, 1.54) is 11.3 Å². The van der Waals surface area contributed by atoms with E-state index in [4.69, 9.17) is 9.47 Å². The topological polar surface area (TPSA) is 93.7 Å². The van der Waals surface area contributed by atoms with Crippen LogP contribution in [0.3, 0.4) is 0 Å². The van der Waals surface area contributed by atoms with Gasteiger partial charge in [-0.2, -0.15) is 0 Å². The number of anilines is 1. The molecule has 2 aliphatic heterocycles. The number of ether oxygens (including phenoxy) is 2. The van der Waals surface area contributed by atoms with Gasteiger partial charge in [0.25, 0.3) is 11.8 Å². The minimum Gasteiger partial charge on any atom is -0.454 e. The van der Waals surface area contributed by atoms with Crippen molar-refractivity contribution < 1.29 is 19.1 Å². The van der Waals surface area contributed by atoms with Crippen molar-refractivity contribution in [1.82, 2.24) is 15.1 Å². The highest BCUT2D eigenvalue weighted by molar-refractivity contribution is 7.13. The second-order valence-corrected chi connectivity index (χ2v) is 8.45. The first-order chi connectivity index (χ1) is 15.1. The first-order valence-electron chi connectivity index (χ1n) is 10.0. The maximum atomic E-state index is 13.1. The van der Waals surface area contributed by atoms with Crippen molar-refractivity contribution in [3.63, 3.8) is 0 Å². The number of aryl methyl sites for hydroxylation is 1. The summed E-state index contributed by atoms with van der Waals surface area (Å²) in [6, 6.07) is 12.6. The van der Waals surface area contributed by atoms with Gasteiger partial charge in [-0.25, -0.2) is 0 Å². The van der Waals surface area contributed by atoms with E-state index in [0.717, 1.165) is 18.4 Å². The Morgan fingerprint density at radius 2 is 1.97 bits per heavy atom. The lowest BCUT2D eigenvalue weighted by molar-refractivity contribution is 0.0734. The summed E-state index contributed by atoms with van der Waals surface area (Å²) in [6.45, 7) is 2.77. The van der Waals surface area contributed by atoms with Gasteiger partial charge < -0.3 is 19.7 Å². The van der Waals surface area contributed by atoms with Gasteiger partial charge >= 0.3 is 0 Å². The number of amides is 2. The van der Waals surface area contributed by atoms with Crippen molar-refractivity contribution in [2.45, 2.75) is 25.8 Å². The molecular formula is C22H20N4O4S. The number of aromatic nitrogens is 2. The van der Waals surface area contributed by atoms with E-state index in [-0.39, 0.29) is 29.7 Å². The molecule has 0 saturated carbocycles. The number of nitrogens with zero attached hydrogens (tertiary/aromatic N) is 3. The summed E-state index contributed by atoms with van der Waals surface area (Å²) in [5.74, 6) is 0.877. The lowest BCUT2D eigenvalue weighted by Gasteiger charge is -2.23. The minimum absolute atomic E-state index is 0.0119. The van der Waals surface area contributed by atoms with Crippen molar-refractivity contribution in [3.05, 3.63) is 63.6 Å². The Labute approximate surface area is 182 Å². The lowest BCUT2D eigenvalue weighted by atomic mass is 10.1. The molecule has 8 nitrogen and oxygen atoms in total. The number of benzene rings is 2. The Morgan fingerprint density at radius 1 is 1.13 bits per heavy atom. The highest BCUT2D eigenvalue weighted by Gasteiger charge is 2.34. The summed E-state index contributed by atoms with van der Waals surface area (Å²) in [4.78, 5) is 27.6. The fourth-order valence-corrected chi connectivity index (χ4v) is 4.74. The standard InChI is InChI=1S/C22H20N4O4S/c1-13-5-2-3-6-15(13)22(28)26-10-4-7-16(26)20-24-25-21(31-20)19(27)23-14-8-9-17-18(11-14)30-12-29-17/h2-3,5-6,8-9,11,16H,4,7,10,12H2,1H3,(H,23,27). The molecular weight excluding hydrogens is 416 g/mol. The molecule has 9 heteroatoms. The molecule has 3 aromatic rings. The number of hydrogen-bond donors (Lipinski definition) is 1. The van der Waals surface area contributed by atoms with Crippen molar-refractivity contribution in [2.24, 2.45) is 0 Å². The summed E-state index contributed by atoms with van der Waals surface area (Å²) in [5.41, 5.74) is 2.22. The summed E-state index contributed by atoms with van der Waals surface area (Å²) in [6.07, 6.45) is 1.69. The van der Waals surface area contributed by atoms with E-state index in [2.05, 4.69) is 15.5 Å². The quantitative estimate of drug-likeness (QED) is 0.669. The summed E-state index contributed by atoms with van der Waals surface area (Å²) < 4.78 is 10.6. The van der Waals surface area contributed by atoms with E-state index in [0.29, 0.717) is 34.3 Å². The fourth-order valence-electron chi connectivity index (χ4n) is 3.85. The van der Waals surface area contributed by atoms with Gasteiger partial charge in [0, 0.05) is 23.9 Å². The number of carbonyl (C=O) groups excluding carboxylic acids is 2. The molecule has 2 aromatic carbocycles. The van der Waals surface area contributed by atoms with Crippen LogP contribution in [-0.4, -0.2) is 40.2 Å². The normalized spacial score (nSPS) is 17.1. The molecule has 1 atom stereocenters. The highest BCUT2D eigenvalue weighted by atomic mass is 32.1. The molecule has 1 fully saturated rings. The summed E-state index contributed by atoms with van der Waals surface area (Å²) in [5, 5.41) is 12.1. The number of fused-ring (bicyclic) bond motifs is 1. The maximum Gasteiger partial charge on any atom is 0.286 e. The van der Waals surface area contributed by atoms with Crippen molar-refractivity contribution in [3.8, 4) is 11.5 Å². The monoisotopic (exact) mass is 436 g/mol. The molecule has 31 heavy (non-hydrogen) atoms. The van der Waals surface area contributed by atoms with E-state index in [9.17, 15) is 9.59 Å². The Balaban J connectivity index is 1.32. The Morgan fingerprint density at radius 3 is 2.84 bits per heavy atom. The van der Waals surface area contributed by atoms with Gasteiger partial charge in [0.05, 0.1) is 6.04 Å². The molecule has 0 bridgehead atoms. The van der Waals surface area contributed by atoms with Crippen LogP contribution in [-0.2, 0) is 0 Å². The van der Waals surface area contributed by atoms with E-state index >= 15 is 0 Å². The van der Waals surface area contributed by atoms with Crippen LogP contribution in [0, 0.1) is 6.92 Å². The van der Waals surface area contributed by atoms with Gasteiger partial charge in [-0.05, 0) is 43.5 Å². The second kappa shape index (κ2) is 7.99. The lowest BCUT2D eigenvalue weighted by Crippen LogP contribution is -2.31. The predicted molar refractivity (Wildman–Crippen MR) is 115 cm³/mol. The first-order valence-corrected chi connectivity index (χ1v) is 10.8. The molecule has 2 aliphatic rings. The minimum atomic E-state index is -0.350. The van der Waals surface area contributed by atoms with Crippen LogP contribution < -0.4 is 14.8 Å². The third-order valence-corrected chi connectivity index (χ3v) is 6.46. The van der Waals surface area contributed by atoms with Crippen molar-refractivity contribution >= 4 is 28.8 Å². The number of nitrogens with one attached hydrogen (secondary N) is 1. The van der Waals surface area contributed by atoms with Gasteiger partial charge in [-0.1, -0.05) is 29.5 Å². The van der Waals surface area contributed by atoms with Gasteiger partial charge in [-0.15, -0.1) is 10.2 Å². The van der Waals surface area contributed by atoms with Crippen LogP contribution in [0.2, 0.25) is 0 Å². The van der Waals surface area contributed by atoms with Crippen LogP contribution in [0.15, 0.2) is 42.5 Å². The van der Waals surface area contributed by atoms with E-state index in [1.807, 2.05) is 36.1 Å². The molecule has 158 valence electrons. The van der Waals surface area contributed by atoms with Crippen LogP contribution >= 0.6 is 11.3 Å². The van der Waals surface area contributed by atoms with E-state index in [1.54, 1.807) is 18.2 Å². The molecule has 1 N–H and O–H groups in total. The molecule has 0 spiro atoms. The maximum absolute atomic E-state index is 13.1. The molecule has 3 heterocycles. The van der Waals surface area contributed by atoms with Gasteiger partial charge in [0.2, 0.25) is 11.8 Å². The Bertz CT molecular complexity index is 1160. The van der Waals surface area contributed by atoms with Crippen molar-refractivity contribution in [1.29, 1.82) is 0 Å². The third kappa shape index (κ3) is 3.72. The zero-order valence-electron chi connectivity index (χ0n) is 16.8. The number of rotatable bonds is 4. The summed E-state index contributed by atoms with van der Waals surface area (Å²) >= 11 is 1.22. The molecule has 0 radical (unpaired) electrons. The number of hydrogen-bond acceptors (Lipinski definition) is 7. The van der Waals surface area contributed by atoms with Gasteiger partial charge in [0.15, 0.2) is 11.5 Å². The average molecular weight is 436 g/mol. The average Bonchev–Trinajstić information content (AvgIpc) is 3.52. The van der Waals surface area contributed by atoms with Crippen LogP contribution in [0.5, 0.6) is 11.5 Å². The second-order valence-electron chi connectivity index (χ2n) is 7.44.